The van der Waals surface area contributed by atoms with E-state index in [0.29, 0.717) is 12.0 Å². The van der Waals surface area contributed by atoms with Gasteiger partial charge in [-0.2, -0.15) is 0 Å². The fourth-order valence-electron chi connectivity index (χ4n) is 4.06. The summed E-state index contributed by atoms with van der Waals surface area (Å²) >= 11 is 0. The summed E-state index contributed by atoms with van der Waals surface area (Å²) in [7, 11) is 0. The summed E-state index contributed by atoms with van der Waals surface area (Å²) in [6, 6.07) is 5.85. The molecule has 2 aliphatic rings. The number of carboxylic acid groups (broad SMARTS) is 1. The van der Waals surface area contributed by atoms with Gasteiger partial charge in [0.2, 0.25) is 11.8 Å². The Morgan fingerprint density at radius 1 is 1.12 bits per heavy atom. The highest BCUT2D eigenvalue weighted by molar-refractivity contribution is 6.11. The lowest BCUT2D eigenvalue weighted by molar-refractivity contribution is -0.143. The standard InChI is InChI=1S/C22H19F2N3O6/c23-12-2-3-13(15(24)8-12)11-1-4-16-14(7-11)22(32)27-6-5-17(20(27)21(31)26-16)25-18(28)9-33-10-19(29)30/h1-4,7-8,17,20H,5-6,9-10H2,(H,25,28)(H,26,31)(H,29,30)/t17-,20-/m0/s1. The first-order chi connectivity index (χ1) is 15.7. The van der Waals surface area contributed by atoms with E-state index < -0.39 is 60.6 Å². The number of carboxylic acids is 1. The maximum atomic E-state index is 14.2. The Morgan fingerprint density at radius 3 is 2.64 bits per heavy atom. The zero-order valence-electron chi connectivity index (χ0n) is 17.1. The molecule has 3 amide bonds. The molecule has 2 aliphatic heterocycles. The van der Waals surface area contributed by atoms with Crippen molar-refractivity contribution in [3.63, 3.8) is 0 Å². The third-order valence-corrected chi connectivity index (χ3v) is 5.48. The molecule has 2 heterocycles. The zero-order valence-corrected chi connectivity index (χ0v) is 17.1. The molecule has 1 fully saturated rings. The molecule has 4 rings (SSSR count). The van der Waals surface area contributed by atoms with Crippen LogP contribution in [0.2, 0.25) is 0 Å². The summed E-state index contributed by atoms with van der Waals surface area (Å²) in [5, 5.41) is 13.9. The first-order valence-electron chi connectivity index (χ1n) is 10.0. The minimum atomic E-state index is -1.22. The second kappa shape index (κ2) is 8.94. The lowest BCUT2D eigenvalue weighted by Crippen LogP contribution is -2.52. The van der Waals surface area contributed by atoms with Crippen molar-refractivity contribution in [1.29, 1.82) is 0 Å². The van der Waals surface area contributed by atoms with E-state index in [0.717, 1.165) is 12.1 Å². The first-order valence-corrected chi connectivity index (χ1v) is 10.0. The fraction of sp³-hybridized carbons (Fsp3) is 0.273. The molecule has 9 nitrogen and oxygen atoms in total. The Balaban J connectivity index is 1.56. The molecule has 3 N–H and O–H groups in total. The Hall–Kier alpha value is -3.86. The van der Waals surface area contributed by atoms with E-state index in [1.165, 1.54) is 29.2 Å². The topological polar surface area (TPSA) is 125 Å². The van der Waals surface area contributed by atoms with Crippen LogP contribution in [0.4, 0.5) is 14.5 Å². The van der Waals surface area contributed by atoms with Gasteiger partial charge in [0.15, 0.2) is 0 Å². The van der Waals surface area contributed by atoms with E-state index in [9.17, 15) is 28.0 Å². The number of nitrogens with zero attached hydrogens (tertiary/aromatic N) is 1. The largest absolute Gasteiger partial charge is 0.480 e. The van der Waals surface area contributed by atoms with E-state index in [4.69, 9.17) is 9.84 Å². The molecule has 0 unspecified atom stereocenters. The number of nitrogens with one attached hydrogen (secondary N) is 2. The van der Waals surface area contributed by atoms with E-state index in [1.807, 2.05) is 0 Å². The van der Waals surface area contributed by atoms with E-state index in [-0.39, 0.29) is 23.4 Å². The molecule has 172 valence electrons. The van der Waals surface area contributed by atoms with Crippen molar-refractivity contribution >= 4 is 29.4 Å². The monoisotopic (exact) mass is 459 g/mol. The van der Waals surface area contributed by atoms with Gasteiger partial charge in [-0.05, 0) is 36.2 Å². The molecule has 33 heavy (non-hydrogen) atoms. The number of aliphatic carboxylic acids is 1. The Labute approximate surface area is 186 Å². The predicted octanol–water partition coefficient (Wildman–Crippen LogP) is 1.38. The average molecular weight is 459 g/mol. The number of carbonyl (C=O) groups excluding carboxylic acids is 3. The zero-order chi connectivity index (χ0) is 23.7. The second-order valence-corrected chi connectivity index (χ2v) is 7.67. The second-order valence-electron chi connectivity index (χ2n) is 7.67. The molecule has 0 saturated carbocycles. The number of hydrogen-bond donors (Lipinski definition) is 3. The van der Waals surface area contributed by atoms with Crippen molar-refractivity contribution in [3.05, 3.63) is 53.6 Å². The number of amides is 3. The van der Waals surface area contributed by atoms with Crippen LogP contribution >= 0.6 is 0 Å². The third kappa shape index (κ3) is 4.53. The number of rotatable bonds is 6. The van der Waals surface area contributed by atoms with Crippen molar-refractivity contribution in [1.82, 2.24) is 10.2 Å². The average Bonchev–Trinajstić information content (AvgIpc) is 3.12. The number of carbonyl (C=O) groups is 4. The summed E-state index contributed by atoms with van der Waals surface area (Å²) in [5.41, 5.74) is 0.823. The summed E-state index contributed by atoms with van der Waals surface area (Å²) in [4.78, 5) is 50.0. The van der Waals surface area contributed by atoms with Crippen LogP contribution in [0.1, 0.15) is 16.8 Å². The predicted molar refractivity (Wildman–Crippen MR) is 110 cm³/mol. The van der Waals surface area contributed by atoms with Gasteiger partial charge < -0.3 is 25.4 Å². The lowest BCUT2D eigenvalue weighted by atomic mass is 10.0. The highest BCUT2D eigenvalue weighted by atomic mass is 19.1. The molecular weight excluding hydrogens is 440 g/mol. The van der Waals surface area contributed by atoms with Gasteiger partial charge in [0.25, 0.3) is 5.91 Å². The first kappa shape index (κ1) is 22.3. The van der Waals surface area contributed by atoms with Gasteiger partial charge in [-0.15, -0.1) is 0 Å². The van der Waals surface area contributed by atoms with Crippen LogP contribution < -0.4 is 10.6 Å². The highest BCUT2D eigenvalue weighted by Gasteiger charge is 2.45. The van der Waals surface area contributed by atoms with Gasteiger partial charge in [0, 0.05) is 18.2 Å². The molecule has 2 atom stereocenters. The van der Waals surface area contributed by atoms with Gasteiger partial charge >= 0.3 is 5.97 Å². The molecular formula is C22H19F2N3O6. The molecule has 2 aromatic carbocycles. The number of ether oxygens (including phenoxy) is 1. The van der Waals surface area contributed by atoms with Crippen LogP contribution in [-0.2, 0) is 19.1 Å². The number of benzene rings is 2. The van der Waals surface area contributed by atoms with Gasteiger partial charge in [-0.1, -0.05) is 6.07 Å². The summed E-state index contributed by atoms with van der Waals surface area (Å²) in [6.45, 7) is -0.955. The number of fused-ring (bicyclic) bond motifs is 2. The van der Waals surface area contributed by atoms with Crippen LogP contribution in [0, 0.1) is 11.6 Å². The van der Waals surface area contributed by atoms with Crippen LogP contribution in [0.15, 0.2) is 36.4 Å². The molecule has 0 bridgehead atoms. The molecule has 0 aliphatic carbocycles. The van der Waals surface area contributed by atoms with E-state index in [2.05, 4.69) is 10.6 Å². The smallest absolute Gasteiger partial charge is 0.329 e. The van der Waals surface area contributed by atoms with E-state index in [1.54, 1.807) is 0 Å². The normalized spacial score (nSPS) is 19.4. The van der Waals surface area contributed by atoms with Crippen molar-refractivity contribution < 1.29 is 37.8 Å². The summed E-state index contributed by atoms with van der Waals surface area (Å²) < 4.78 is 32.3. The molecule has 0 spiro atoms. The Kier molecular flexibility index (Phi) is 6.05. The Bertz CT molecular complexity index is 1150. The summed E-state index contributed by atoms with van der Waals surface area (Å²) in [6.07, 6.45) is 0.302. The maximum Gasteiger partial charge on any atom is 0.329 e. The quantitative estimate of drug-likeness (QED) is 0.600. The molecule has 0 radical (unpaired) electrons. The van der Waals surface area contributed by atoms with Crippen LogP contribution in [-0.4, -0.2) is 65.5 Å². The fourth-order valence-corrected chi connectivity index (χ4v) is 4.06. The minimum Gasteiger partial charge on any atom is -0.480 e. The molecule has 11 heteroatoms. The van der Waals surface area contributed by atoms with Crippen molar-refractivity contribution in [2.24, 2.45) is 0 Å². The van der Waals surface area contributed by atoms with Crippen LogP contribution in [0.3, 0.4) is 0 Å². The van der Waals surface area contributed by atoms with E-state index >= 15 is 0 Å². The van der Waals surface area contributed by atoms with Crippen LogP contribution in [0.25, 0.3) is 11.1 Å². The molecule has 2 aromatic rings. The van der Waals surface area contributed by atoms with Crippen molar-refractivity contribution in [2.45, 2.75) is 18.5 Å². The number of halogens is 2. The van der Waals surface area contributed by atoms with Crippen molar-refractivity contribution in [3.8, 4) is 11.1 Å². The molecule has 0 aromatic heterocycles. The lowest BCUT2D eigenvalue weighted by Gasteiger charge is -2.24. The SMILES string of the molecule is O=C(O)COCC(=O)N[C@H]1CCN2C(=O)c3cc(-c4ccc(F)cc4F)ccc3NC(=O)[C@H]12. The highest BCUT2D eigenvalue weighted by Crippen LogP contribution is 2.33. The van der Waals surface area contributed by atoms with Gasteiger partial charge in [0.05, 0.1) is 17.3 Å². The maximum absolute atomic E-state index is 14.2. The number of anilines is 1. The van der Waals surface area contributed by atoms with Crippen LogP contribution in [0.5, 0.6) is 0 Å². The third-order valence-electron chi connectivity index (χ3n) is 5.48. The van der Waals surface area contributed by atoms with Gasteiger partial charge in [-0.3, -0.25) is 14.4 Å². The van der Waals surface area contributed by atoms with Gasteiger partial charge in [-0.25, -0.2) is 13.6 Å². The minimum absolute atomic E-state index is 0.104. The molecule has 1 saturated heterocycles. The van der Waals surface area contributed by atoms with Crippen molar-refractivity contribution in [2.75, 3.05) is 25.1 Å². The summed E-state index contributed by atoms with van der Waals surface area (Å²) in [5.74, 6) is -4.32. The number of hydrogen-bond acceptors (Lipinski definition) is 5. The van der Waals surface area contributed by atoms with Gasteiger partial charge in [0.1, 0.15) is 30.9 Å². The Morgan fingerprint density at radius 2 is 1.91 bits per heavy atom.